The summed E-state index contributed by atoms with van der Waals surface area (Å²) < 4.78 is 0. The van der Waals surface area contributed by atoms with Gasteiger partial charge in [0.1, 0.15) is 6.07 Å². The molecule has 0 amide bonds. The Balaban J connectivity index is 1.95. The molecule has 0 atom stereocenters. The third kappa shape index (κ3) is 2.97. The van der Waals surface area contributed by atoms with Gasteiger partial charge in [-0.15, -0.1) is 11.8 Å². The molecule has 1 heterocycles. The molecule has 1 aliphatic carbocycles. The van der Waals surface area contributed by atoms with Gasteiger partial charge in [-0.2, -0.15) is 5.26 Å². The molecule has 15 heavy (non-hydrogen) atoms. The Bertz CT molecular complexity index is 347. The average Bonchev–Trinajstić information content (AvgIpc) is 2.31. The minimum atomic E-state index is 0.642. The summed E-state index contributed by atoms with van der Waals surface area (Å²) in [7, 11) is 0. The summed E-state index contributed by atoms with van der Waals surface area (Å²) in [6.07, 6.45) is 8.38. The lowest BCUT2D eigenvalue weighted by Crippen LogP contribution is -2.07. The molecule has 1 aromatic heterocycles. The highest BCUT2D eigenvalue weighted by Crippen LogP contribution is 2.32. The van der Waals surface area contributed by atoms with Crippen molar-refractivity contribution in [2.45, 2.75) is 42.4 Å². The summed E-state index contributed by atoms with van der Waals surface area (Å²) in [5.74, 6) is 0. The summed E-state index contributed by atoms with van der Waals surface area (Å²) >= 11 is 1.86. The molecule has 1 saturated carbocycles. The van der Waals surface area contributed by atoms with E-state index in [4.69, 9.17) is 5.26 Å². The number of hydrogen-bond acceptors (Lipinski definition) is 3. The van der Waals surface area contributed by atoms with Crippen molar-refractivity contribution >= 4 is 11.8 Å². The number of nitriles is 1. The molecule has 1 aromatic rings. The van der Waals surface area contributed by atoms with Gasteiger partial charge in [-0.25, -0.2) is 4.98 Å². The molecule has 2 nitrogen and oxygen atoms in total. The lowest BCUT2D eigenvalue weighted by atomic mass is 10.0. The second-order valence-electron chi connectivity index (χ2n) is 3.87. The first kappa shape index (κ1) is 10.5. The molecular formula is C12H14N2S. The van der Waals surface area contributed by atoms with Gasteiger partial charge < -0.3 is 0 Å². The van der Waals surface area contributed by atoms with Crippen molar-refractivity contribution < 1.29 is 0 Å². The molecular weight excluding hydrogens is 204 g/mol. The lowest BCUT2D eigenvalue weighted by molar-refractivity contribution is 0.515. The van der Waals surface area contributed by atoms with Crippen molar-refractivity contribution in [2.75, 3.05) is 0 Å². The van der Waals surface area contributed by atoms with Gasteiger partial charge in [0.15, 0.2) is 0 Å². The third-order valence-electron chi connectivity index (χ3n) is 2.71. The maximum atomic E-state index is 8.65. The maximum Gasteiger partial charge on any atom is 0.101 e. The first-order valence-electron chi connectivity index (χ1n) is 5.41. The number of hydrogen-bond donors (Lipinski definition) is 0. The smallest absolute Gasteiger partial charge is 0.101 e. The van der Waals surface area contributed by atoms with Gasteiger partial charge in [0.2, 0.25) is 0 Å². The highest BCUT2D eigenvalue weighted by Gasteiger charge is 2.14. The Morgan fingerprint density at radius 3 is 2.67 bits per heavy atom. The zero-order valence-corrected chi connectivity index (χ0v) is 9.46. The highest BCUT2D eigenvalue weighted by atomic mass is 32.2. The van der Waals surface area contributed by atoms with Crippen LogP contribution in [0.5, 0.6) is 0 Å². The van der Waals surface area contributed by atoms with E-state index in [1.807, 2.05) is 23.9 Å². The van der Waals surface area contributed by atoms with Gasteiger partial charge in [-0.3, -0.25) is 0 Å². The topological polar surface area (TPSA) is 36.7 Å². The second-order valence-corrected chi connectivity index (χ2v) is 5.20. The van der Waals surface area contributed by atoms with Crippen LogP contribution in [-0.2, 0) is 0 Å². The molecule has 0 aliphatic heterocycles. The molecule has 1 fully saturated rings. The summed E-state index contributed by atoms with van der Waals surface area (Å²) in [5.41, 5.74) is 0.642. The second kappa shape index (κ2) is 5.18. The van der Waals surface area contributed by atoms with Crippen molar-refractivity contribution in [3.63, 3.8) is 0 Å². The van der Waals surface area contributed by atoms with Crippen molar-refractivity contribution in [3.8, 4) is 6.07 Å². The van der Waals surface area contributed by atoms with E-state index in [-0.39, 0.29) is 0 Å². The van der Waals surface area contributed by atoms with E-state index < -0.39 is 0 Å². The van der Waals surface area contributed by atoms with E-state index in [2.05, 4.69) is 11.1 Å². The first-order chi connectivity index (χ1) is 7.38. The molecule has 0 unspecified atom stereocenters. The monoisotopic (exact) mass is 218 g/mol. The predicted molar refractivity (Wildman–Crippen MR) is 61.7 cm³/mol. The van der Waals surface area contributed by atoms with Gasteiger partial charge in [0, 0.05) is 11.4 Å². The van der Waals surface area contributed by atoms with E-state index in [1.54, 1.807) is 6.20 Å². The fourth-order valence-corrected chi connectivity index (χ4v) is 3.04. The van der Waals surface area contributed by atoms with Crippen LogP contribution in [-0.4, -0.2) is 10.2 Å². The fourth-order valence-electron chi connectivity index (χ4n) is 1.87. The number of pyridine rings is 1. The SMILES string of the molecule is N#Cc1ccc(SC2CCCCC2)nc1. The van der Waals surface area contributed by atoms with Crippen molar-refractivity contribution in [1.29, 1.82) is 5.26 Å². The lowest BCUT2D eigenvalue weighted by Gasteiger charge is -2.20. The standard InChI is InChI=1S/C12H14N2S/c13-8-10-6-7-12(14-9-10)15-11-4-2-1-3-5-11/h6-7,9,11H,1-5H2. The van der Waals surface area contributed by atoms with Crippen LogP contribution in [0.25, 0.3) is 0 Å². The fraction of sp³-hybridized carbons (Fsp3) is 0.500. The average molecular weight is 218 g/mol. The Morgan fingerprint density at radius 1 is 1.27 bits per heavy atom. The summed E-state index contributed by atoms with van der Waals surface area (Å²) in [4.78, 5) is 4.28. The quantitative estimate of drug-likeness (QED) is 0.763. The van der Waals surface area contributed by atoms with Gasteiger partial charge in [-0.1, -0.05) is 19.3 Å². The molecule has 0 N–H and O–H groups in total. The van der Waals surface area contributed by atoms with Crippen LogP contribution in [0, 0.1) is 11.3 Å². The van der Waals surface area contributed by atoms with Crippen LogP contribution in [0.2, 0.25) is 0 Å². The van der Waals surface area contributed by atoms with E-state index in [0.29, 0.717) is 5.56 Å². The summed E-state index contributed by atoms with van der Waals surface area (Å²) in [6, 6.07) is 5.89. The van der Waals surface area contributed by atoms with E-state index >= 15 is 0 Å². The number of thioether (sulfide) groups is 1. The van der Waals surface area contributed by atoms with E-state index in [0.717, 1.165) is 10.3 Å². The largest absolute Gasteiger partial charge is 0.249 e. The van der Waals surface area contributed by atoms with Crippen molar-refractivity contribution in [3.05, 3.63) is 23.9 Å². The van der Waals surface area contributed by atoms with E-state index in [1.165, 1.54) is 32.1 Å². The Labute approximate surface area is 94.7 Å². The molecule has 2 rings (SSSR count). The molecule has 1 aliphatic rings. The maximum absolute atomic E-state index is 8.65. The molecule has 0 spiro atoms. The number of aromatic nitrogens is 1. The minimum absolute atomic E-state index is 0.642. The number of nitrogens with zero attached hydrogens (tertiary/aromatic N) is 2. The normalized spacial score (nSPS) is 17.3. The summed E-state index contributed by atoms with van der Waals surface area (Å²) in [5, 5.41) is 10.4. The van der Waals surface area contributed by atoms with Gasteiger partial charge >= 0.3 is 0 Å². The van der Waals surface area contributed by atoms with Crippen LogP contribution in [0.4, 0.5) is 0 Å². The highest BCUT2D eigenvalue weighted by molar-refractivity contribution is 7.99. The zero-order chi connectivity index (χ0) is 10.5. The Morgan fingerprint density at radius 2 is 2.07 bits per heavy atom. The van der Waals surface area contributed by atoms with Crippen LogP contribution in [0.1, 0.15) is 37.7 Å². The zero-order valence-electron chi connectivity index (χ0n) is 8.65. The predicted octanol–water partition coefficient (Wildman–Crippen LogP) is 3.38. The first-order valence-corrected chi connectivity index (χ1v) is 6.29. The third-order valence-corrected chi connectivity index (χ3v) is 3.99. The molecule has 0 bridgehead atoms. The van der Waals surface area contributed by atoms with Gasteiger partial charge in [0.25, 0.3) is 0 Å². The van der Waals surface area contributed by atoms with Crippen molar-refractivity contribution in [2.24, 2.45) is 0 Å². The number of rotatable bonds is 2. The van der Waals surface area contributed by atoms with Gasteiger partial charge in [-0.05, 0) is 25.0 Å². The van der Waals surface area contributed by atoms with Crippen LogP contribution in [0.15, 0.2) is 23.4 Å². The van der Waals surface area contributed by atoms with Gasteiger partial charge in [0.05, 0.1) is 10.6 Å². The summed E-state index contributed by atoms with van der Waals surface area (Å²) in [6.45, 7) is 0. The molecule has 0 aromatic carbocycles. The minimum Gasteiger partial charge on any atom is -0.249 e. The molecule has 0 saturated heterocycles. The Hall–Kier alpha value is -1.01. The molecule has 3 heteroatoms. The van der Waals surface area contributed by atoms with Crippen LogP contribution in [0.3, 0.4) is 0 Å². The van der Waals surface area contributed by atoms with Crippen LogP contribution >= 0.6 is 11.8 Å². The molecule has 78 valence electrons. The van der Waals surface area contributed by atoms with Crippen LogP contribution < -0.4 is 0 Å². The Kier molecular flexibility index (Phi) is 3.63. The van der Waals surface area contributed by atoms with E-state index in [9.17, 15) is 0 Å². The molecule has 0 radical (unpaired) electrons. The van der Waals surface area contributed by atoms with Crippen molar-refractivity contribution in [1.82, 2.24) is 4.98 Å².